The smallest absolute Gasteiger partial charge is 0.406 e. The van der Waals surface area contributed by atoms with Gasteiger partial charge in [0.25, 0.3) is 0 Å². The lowest BCUT2D eigenvalue weighted by Gasteiger charge is -2.19. The normalized spacial score (nSPS) is 23.4. The predicted molar refractivity (Wildman–Crippen MR) is 91.9 cm³/mol. The molecule has 1 N–H and O–H groups in total. The first-order chi connectivity index (χ1) is 13.2. The number of halogens is 3. The van der Waals surface area contributed by atoms with Gasteiger partial charge >= 0.3 is 6.36 Å². The summed E-state index contributed by atoms with van der Waals surface area (Å²) in [6, 6.07) is 4.62. The van der Waals surface area contributed by atoms with Crippen molar-refractivity contribution in [3.8, 4) is 5.75 Å². The molecule has 0 aromatic heterocycles. The lowest BCUT2D eigenvalue weighted by molar-refractivity contribution is -0.274. The molecule has 3 rings (SSSR count). The van der Waals surface area contributed by atoms with Crippen LogP contribution in [0.15, 0.2) is 24.3 Å². The number of imide groups is 1. The zero-order chi connectivity index (χ0) is 20.5. The Balaban J connectivity index is 1.57. The summed E-state index contributed by atoms with van der Waals surface area (Å²) in [5, 5.41) is 2.67. The number of nitrogens with zero attached hydrogens (tertiary/aromatic N) is 1. The van der Waals surface area contributed by atoms with Gasteiger partial charge in [-0.15, -0.1) is 13.2 Å². The summed E-state index contributed by atoms with van der Waals surface area (Å²) in [4.78, 5) is 38.2. The van der Waals surface area contributed by atoms with Crippen molar-refractivity contribution in [3.63, 3.8) is 0 Å². The van der Waals surface area contributed by atoms with Gasteiger partial charge in [0.05, 0.1) is 17.9 Å². The Labute approximate surface area is 160 Å². The molecule has 3 amide bonds. The minimum absolute atomic E-state index is 0.286. The summed E-state index contributed by atoms with van der Waals surface area (Å²) in [7, 11) is 0. The Morgan fingerprint density at radius 3 is 2.18 bits per heavy atom. The van der Waals surface area contributed by atoms with Crippen LogP contribution in [-0.2, 0) is 14.4 Å². The SMILES string of the molecule is CC(NC(=O)CN1C(=O)C2CCCCC2C1=O)c1ccc(OC(F)(F)F)cc1. The van der Waals surface area contributed by atoms with E-state index in [1.54, 1.807) is 6.92 Å². The maximum Gasteiger partial charge on any atom is 0.573 e. The number of alkyl halides is 3. The first-order valence-electron chi connectivity index (χ1n) is 9.16. The van der Waals surface area contributed by atoms with Gasteiger partial charge in [0.1, 0.15) is 12.3 Å². The van der Waals surface area contributed by atoms with Crippen molar-refractivity contribution in [3.05, 3.63) is 29.8 Å². The highest BCUT2D eigenvalue weighted by atomic mass is 19.4. The van der Waals surface area contributed by atoms with Crippen molar-refractivity contribution < 1.29 is 32.3 Å². The van der Waals surface area contributed by atoms with Gasteiger partial charge in [0, 0.05) is 0 Å². The highest BCUT2D eigenvalue weighted by Gasteiger charge is 2.48. The van der Waals surface area contributed by atoms with Gasteiger partial charge in [-0.25, -0.2) is 0 Å². The molecular formula is C19H21F3N2O4. The second kappa shape index (κ2) is 7.81. The summed E-state index contributed by atoms with van der Waals surface area (Å²) in [5.41, 5.74) is 0.565. The fourth-order valence-electron chi connectivity index (χ4n) is 3.86. The van der Waals surface area contributed by atoms with Crippen molar-refractivity contribution in [2.45, 2.75) is 45.0 Å². The number of ether oxygens (including phenoxy) is 1. The molecule has 0 spiro atoms. The molecule has 2 fully saturated rings. The van der Waals surface area contributed by atoms with Gasteiger partial charge in [0.2, 0.25) is 17.7 Å². The molecule has 28 heavy (non-hydrogen) atoms. The van der Waals surface area contributed by atoms with Gasteiger partial charge in [-0.1, -0.05) is 25.0 Å². The van der Waals surface area contributed by atoms with Crippen LogP contribution in [0.1, 0.15) is 44.2 Å². The standard InChI is InChI=1S/C19H21F3N2O4/c1-11(12-6-8-13(9-7-12)28-19(20,21)22)23-16(25)10-24-17(26)14-4-2-3-5-15(14)18(24)27/h6-9,11,14-15H,2-5,10H2,1H3,(H,23,25). The Kier molecular flexibility index (Phi) is 5.62. The van der Waals surface area contributed by atoms with Crippen molar-refractivity contribution in [1.82, 2.24) is 10.2 Å². The van der Waals surface area contributed by atoms with E-state index in [-0.39, 0.29) is 35.9 Å². The molecule has 1 aliphatic carbocycles. The number of carbonyl (C=O) groups is 3. The third kappa shape index (κ3) is 4.45. The first kappa shape index (κ1) is 20.2. The van der Waals surface area contributed by atoms with E-state index in [1.165, 1.54) is 12.1 Å². The number of likely N-dealkylation sites (tertiary alicyclic amines) is 1. The zero-order valence-electron chi connectivity index (χ0n) is 15.3. The minimum atomic E-state index is -4.77. The second-order valence-corrected chi connectivity index (χ2v) is 7.17. The highest BCUT2D eigenvalue weighted by Crippen LogP contribution is 2.37. The number of fused-ring (bicyclic) bond motifs is 1. The monoisotopic (exact) mass is 398 g/mol. The van der Waals surface area contributed by atoms with Crippen LogP contribution in [0, 0.1) is 11.8 Å². The molecule has 3 atom stereocenters. The number of hydrogen-bond donors (Lipinski definition) is 1. The third-order valence-electron chi connectivity index (χ3n) is 5.23. The molecular weight excluding hydrogens is 377 g/mol. The molecule has 2 aliphatic rings. The molecule has 1 heterocycles. The van der Waals surface area contributed by atoms with E-state index in [4.69, 9.17) is 0 Å². The fraction of sp³-hybridized carbons (Fsp3) is 0.526. The maximum absolute atomic E-state index is 12.4. The van der Waals surface area contributed by atoms with Crippen LogP contribution in [-0.4, -0.2) is 35.5 Å². The number of rotatable bonds is 5. The average Bonchev–Trinajstić information content (AvgIpc) is 2.86. The maximum atomic E-state index is 12.4. The Bertz CT molecular complexity index is 739. The number of nitrogens with one attached hydrogen (secondary N) is 1. The largest absolute Gasteiger partial charge is 0.573 e. The summed E-state index contributed by atoms with van der Waals surface area (Å²) < 4.78 is 40.4. The Morgan fingerprint density at radius 1 is 1.14 bits per heavy atom. The average molecular weight is 398 g/mol. The molecule has 152 valence electrons. The summed E-state index contributed by atoms with van der Waals surface area (Å²) >= 11 is 0. The third-order valence-corrected chi connectivity index (χ3v) is 5.23. The van der Waals surface area contributed by atoms with Crippen molar-refractivity contribution in [1.29, 1.82) is 0 Å². The molecule has 9 heteroatoms. The van der Waals surface area contributed by atoms with Crippen LogP contribution in [0.4, 0.5) is 13.2 Å². The van der Waals surface area contributed by atoms with E-state index in [2.05, 4.69) is 10.1 Å². The number of hydrogen-bond acceptors (Lipinski definition) is 4. The number of amides is 3. The Morgan fingerprint density at radius 2 is 1.68 bits per heavy atom. The zero-order valence-corrected chi connectivity index (χ0v) is 15.3. The van der Waals surface area contributed by atoms with E-state index < -0.39 is 18.3 Å². The number of carbonyl (C=O) groups excluding carboxylic acids is 3. The predicted octanol–water partition coefficient (Wildman–Crippen LogP) is 2.94. The van der Waals surface area contributed by atoms with Gasteiger partial charge in [-0.3, -0.25) is 19.3 Å². The summed E-state index contributed by atoms with van der Waals surface area (Å²) in [5.74, 6) is -2.05. The van der Waals surface area contributed by atoms with Crippen LogP contribution in [0.2, 0.25) is 0 Å². The fourth-order valence-corrected chi connectivity index (χ4v) is 3.86. The van der Waals surface area contributed by atoms with E-state index >= 15 is 0 Å². The van der Waals surface area contributed by atoms with Crippen LogP contribution in [0.5, 0.6) is 5.75 Å². The molecule has 0 bridgehead atoms. The molecule has 1 saturated carbocycles. The van der Waals surface area contributed by atoms with Gasteiger partial charge in [-0.2, -0.15) is 0 Å². The van der Waals surface area contributed by atoms with Gasteiger partial charge in [-0.05, 0) is 37.5 Å². The molecule has 1 saturated heterocycles. The molecule has 0 radical (unpaired) electrons. The van der Waals surface area contributed by atoms with Gasteiger partial charge in [0.15, 0.2) is 0 Å². The molecule has 6 nitrogen and oxygen atoms in total. The van der Waals surface area contributed by atoms with E-state index in [0.29, 0.717) is 18.4 Å². The molecule has 3 unspecified atom stereocenters. The van der Waals surface area contributed by atoms with Crippen LogP contribution in [0.25, 0.3) is 0 Å². The highest BCUT2D eigenvalue weighted by molar-refractivity contribution is 6.07. The quantitative estimate of drug-likeness (QED) is 0.774. The van der Waals surface area contributed by atoms with Crippen molar-refractivity contribution in [2.24, 2.45) is 11.8 Å². The van der Waals surface area contributed by atoms with E-state index in [9.17, 15) is 27.6 Å². The summed E-state index contributed by atoms with van der Waals surface area (Å²) in [6.45, 7) is 1.31. The van der Waals surface area contributed by atoms with Crippen molar-refractivity contribution in [2.75, 3.05) is 6.54 Å². The van der Waals surface area contributed by atoms with E-state index in [1.807, 2.05) is 0 Å². The molecule has 1 aliphatic heterocycles. The second-order valence-electron chi connectivity index (χ2n) is 7.17. The molecule has 1 aromatic rings. The Hall–Kier alpha value is -2.58. The lowest BCUT2D eigenvalue weighted by atomic mass is 9.81. The van der Waals surface area contributed by atoms with Crippen LogP contribution in [0.3, 0.4) is 0 Å². The van der Waals surface area contributed by atoms with E-state index in [0.717, 1.165) is 29.9 Å². The van der Waals surface area contributed by atoms with Crippen molar-refractivity contribution >= 4 is 17.7 Å². The topological polar surface area (TPSA) is 75.7 Å². The molecule has 1 aromatic carbocycles. The van der Waals surface area contributed by atoms with Crippen LogP contribution >= 0.6 is 0 Å². The first-order valence-corrected chi connectivity index (χ1v) is 9.16. The van der Waals surface area contributed by atoms with Crippen LogP contribution < -0.4 is 10.1 Å². The lowest BCUT2D eigenvalue weighted by Crippen LogP contribution is -2.41. The number of benzene rings is 1. The van der Waals surface area contributed by atoms with Gasteiger partial charge < -0.3 is 10.1 Å². The summed E-state index contributed by atoms with van der Waals surface area (Å²) in [6.07, 6.45) is -1.60. The minimum Gasteiger partial charge on any atom is -0.406 e.